The molecular weight excluding hydrogens is 254 g/mol. The smallest absolute Gasteiger partial charge is 0.192 e. The van der Waals surface area contributed by atoms with Crippen LogP contribution in [0.4, 0.5) is 0 Å². The zero-order chi connectivity index (χ0) is 12.3. The molecule has 5 heteroatoms. The van der Waals surface area contributed by atoms with E-state index in [2.05, 4.69) is 9.97 Å². The summed E-state index contributed by atoms with van der Waals surface area (Å²) in [7, 11) is 0. The van der Waals surface area contributed by atoms with Gasteiger partial charge in [-0.2, -0.15) is 0 Å². The Hall–Kier alpha value is -1.10. The molecule has 2 N–H and O–H groups in total. The maximum absolute atomic E-state index is 6.09. The summed E-state index contributed by atoms with van der Waals surface area (Å²) in [5.41, 5.74) is 7.45. The maximum atomic E-state index is 6.09. The Morgan fingerprint density at radius 1 is 1.35 bits per heavy atom. The maximum Gasteiger partial charge on any atom is 0.192 e. The van der Waals surface area contributed by atoms with Crippen molar-refractivity contribution in [1.82, 2.24) is 9.97 Å². The van der Waals surface area contributed by atoms with E-state index in [9.17, 15) is 0 Å². The van der Waals surface area contributed by atoms with Crippen molar-refractivity contribution >= 4 is 23.4 Å². The first-order chi connectivity index (χ1) is 8.19. The summed E-state index contributed by atoms with van der Waals surface area (Å²) in [5.74, 6) is 0. The first-order valence-corrected chi connectivity index (χ1v) is 6.34. The van der Waals surface area contributed by atoms with E-state index in [1.54, 1.807) is 6.20 Å². The summed E-state index contributed by atoms with van der Waals surface area (Å²) in [6, 6.07) is 7.67. The summed E-state index contributed by atoms with van der Waals surface area (Å²) >= 11 is 7.58. The molecule has 0 aliphatic rings. The van der Waals surface area contributed by atoms with Gasteiger partial charge in [0.15, 0.2) is 5.16 Å². The van der Waals surface area contributed by atoms with Crippen LogP contribution in [0.15, 0.2) is 40.5 Å². The molecule has 1 heterocycles. The van der Waals surface area contributed by atoms with Crippen molar-refractivity contribution in [2.45, 2.75) is 23.5 Å². The number of rotatable bonds is 3. The lowest BCUT2D eigenvalue weighted by molar-refractivity contribution is 0.932. The third-order valence-corrected chi connectivity index (χ3v) is 3.45. The van der Waals surface area contributed by atoms with Crippen LogP contribution in [0.1, 0.15) is 11.3 Å². The van der Waals surface area contributed by atoms with Gasteiger partial charge in [-0.05, 0) is 42.4 Å². The lowest BCUT2D eigenvalue weighted by Gasteiger charge is -2.04. The van der Waals surface area contributed by atoms with Crippen molar-refractivity contribution in [3.63, 3.8) is 0 Å². The van der Waals surface area contributed by atoms with Gasteiger partial charge in [-0.3, -0.25) is 0 Å². The van der Waals surface area contributed by atoms with Gasteiger partial charge in [0.2, 0.25) is 0 Å². The van der Waals surface area contributed by atoms with Gasteiger partial charge in [-0.15, -0.1) is 0 Å². The number of nitrogens with two attached hydrogens (primary N) is 1. The number of benzene rings is 1. The molecule has 1 aromatic heterocycles. The highest BCUT2D eigenvalue weighted by Crippen LogP contribution is 2.28. The molecule has 0 bridgehead atoms. The summed E-state index contributed by atoms with van der Waals surface area (Å²) in [4.78, 5) is 9.53. The topological polar surface area (TPSA) is 51.8 Å². The van der Waals surface area contributed by atoms with E-state index in [0.29, 0.717) is 11.6 Å². The predicted molar refractivity (Wildman–Crippen MR) is 70.2 cm³/mol. The molecule has 1 aromatic carbocycles. The molecule has 0 amide bonds. The number of nitrogens with zero attached hydrogens (tertiary/aromatic N) is 2. The molecule has 0 atom stereocenters. The van der Waals surface area contributed by atoms with E-state index in [4.69, 9.17) is 17.3 Å². The highest BCUT2D eigenvalue weighted by molar-refractivity contribution is 7.99. The molecule has 3 nitrogen and oxygen atoms in total. The molecule has 0 unspecified atom stereocenters. The Labute approximate surface area is 109 Å². The Balaban J connectivity index is 2.22. The van der Waals surface area contributed by atoms with Crippen LogP contribution in [0.2, 0.25) is 5.02 Å². The molecule has 0 saturated heterocycles. The largest absolute Gasteiger partial charge is 0.326 e. The quantitative estimate of drug-likeness (QED) is 0.867. The van der Waals surface area contributed by atoms with Crippen molar-refractivity contribution in [1.29, 1.82) is 0 Å². The predicted octanol–water partition coefficient (Wildman–Crippen LogP) is 3.05. The standard InChI is InChI=1S/C12H12ClN3S/c1-8-4-5-15-12(16-8)17-10-3-2-9(7-14)11(13)6-10/h2-6H,7,14H2,1H3. The van der Waals surface area contributed by atoms with Crippen LogP contribution in [0.3, 0.4) is 0 Å². The first kappa shape index (κ1) is 12.4. The van der Waals surface area contributed by atoms with Gasteiger partial charge < -0.3 is 5.73 Å². The third kappa shape index (κ3) is 3.19. The minimum absolute atomic E-state index is 0.449. The minimum Gasteiger partial charge on any atom is -0.326 e. The summed E-state index contributed by atoms with van der Waals surface area (Å²) in [6.45, 7) is 2.39. The molecule has 0 aliphatic carbocycles. The van der Waals surface area contributed by atoms with E-state index < -0.39 is 0 Å². The zero-order valence-corrected chi connectivity index (χ0v) is 10.9. The van der Waals surface area contributed by atoms with Crippen molar-refractivity contribution in [2.24, 2.45) is 5.73 Å². The van der Waals surface area contributed by atoms with E-state index in [1.165, 1.54) is 11.8 Å². The summed E-state index contributed by atoms with van der Waals surface area (Å²) < 4.78 is 0. The molecule has 0 fully saturated rings. The van der Waals surface area contributed by atoms with Gasteiger partial charge in [0.1, 0.15) is 0 Å². The van der Waals surface area contributed by atoms with E-state index in [-0.39, 0.29) is 0 Å². The Morgan fingerprint density at radius 2 is 2.18 bits per heavy atom. The summed E-state index contributed by atoms with van der Waals surface area (Å²) in [5, 5.41) is 1.41. The minimum atomic E-state index is 0.449. The Morgan fingerprint density at radius 3 is 2.82 bits per heavy atom. The number of halogens is 1. The fourth-order valence-electron chi connectivity index (χ4n) is 1.34. The molecule has 88 valence electrons. The second-order valence-electron chi connectivity index (χ2n) is 3.54. The monoisotopic (exact) mass is 265 g/mol. The van der Waals surface area contributed by atoms with Crippen molar-refractivity contribution in [3.8, 4) is 0 Å². The van der Waals surface area contributed by atoms with E-state index >= 15 is 0 Å². The lowest BCUT2D eigenvalue weighted by atomic mass is 10.2. The lowest BCUT2D eigenvalue weighted by Crippen LogP contribution is -1.96. The molecule has 0 saturated carbocycles. The van der Waals surface area contributed by atoms with Crippen molar-refractivity contribution < 1.29 is 0 Å². The number of aromatic nitrogens is 2. The van der Waals surface area contributed by atoms with Gasteiger partial charge in [0, 0.05) is 28.4 Å². The molecule has 0 spiro atoms. The number of hydrogen-bond donors (Lipinski definition) is 1. The fraction of sp³-hybridized carbons (Fsp3) is 0.167. The SMILES string of the molecule is Cc1ccnc(Sc2ccc(CN)c(Cl)c2)n1. The fourth-order valence-corrected chi connectivity index (χ4v) is 2.49. The van der Waals surface area contributed by atoms with Crippen molar-refractivity contribution in [2.75, 3.05) is 0 Å². The molecule has 2 rings (SSSR count). The average Bonchev–Trinajstić information content (AvgIpc) is 2.29. The second kappa shape index (κ2) is 5.49. The molecule has 2 aromatic rings. The Bertz CT molecular complexity index is 531. The van der Waals surface area contributed by atoms with Gasteiger partial charge in [-0.1, -0.05) is 17.7 Å². The molecule has 0 aliphatic heterocycles. The normalized spacial score (nSPS) is 10.5. The number of aryl methyl sites for hydroxylation is 1. The average molecular weight is 266 g/mol. The van der Waals surface area contributed by atoms with Crippen LogP contribution >= 0.6 is 23.4 Å². The first-order valence-electron chi connectivity index (χ1n) is 5.15. The van der Waals surface area contributed by atoms with Gasteiger partial charge in [0.05, 0.1) is 0 Å². The molecule has 0 radical (unpaired) electrons. The van der Waals surface area contributed by atoms with Gasteiger partial charge >= 0.3 is 0 Å². The highest BCUT2D eigenvalue weighted by Gasteiger charge is 2.04. The third-order valence-electron chi connectivity index (χ3n) is 2.23. The van der Waals surface area contributed by atoms with Crippen LogP contribution in [0.25, 0.3) is 0 Å². The van der Waals surface area contributed by atoms with Crippen LogP contribution in [-0.2, 0) is 6.54 Å². The summed E-state index contributed by atoms with van der Waals surface area (Å²) in [6.07, 6.45) is 1.75. The van der Waals surface area contributed by atoms with Crippen molar-refractivity contribution in [3.05, 3.63) is 46.7 Å². The van der Waals surface area contributed by atoms with Gasteiger partial charge in [-0.25, -0.2) is 9.97 Å². The second-order valence-corrected chi connectivity index (χ2v) is 4.99. The van der Waals surface area contributed by atoms with Crippen LogP contribution in [0, 0.1) is 6.92 Å². The van der Waals surface area contributed by atoms with E-state index in [1.807, 2.05) is 31.2 Å². The van der Waals surface area contributed by atoms with Crippen LogP contribution < -0.4 is 5.73 Å². The van der Waals surface area contributed by atoms with Crippen LogP contribution in [-0.4, -0.2) is 9.97 Å². The van der Waals surface area contributed by atoms with E-state index in [0.717, 1.165) is 21.3 Å². The number of hydrogen-bond acceptors (Lipinski definition) is 4. The zero-order valence-electron chi connectivity index (χ0n) is 9.35. The van der Waals surface area contributed by atoms with Gasteiger partial charge in [0.25, 0.3) is 0 Å². The van der Waals surface area contributed by atoms with Crippen LogP contribution in [0.5, 0.6) is 0 Å². The highest BCUT2D eigenvalue weighted by atomic mass is 35.5. The molecular formula is C12H12ClN3S. The Kier molecular flexibility index (Phi) is 3.99. The molecule has 17 heavy (non-hydrogen) atoms.